The molecule has 1 aliphatic heterocycles. The van der Waals surface area contributed by atoms with Crippen LogP contribution in [0.4, 0.5) is 0 Å². The van der Waals surface area contributed by atoms with Crippen LogP contribution in [0.2, 0.25) is 0 Å². The first-order valence-corrected chi connectivity index (χ1v) is 2.69. The maximum absolute atomic E-state index is 8.89. The van der Waals surface area contributed by atoms with Crippen LogP contribution in [0.15, 0.2) is 0 Å². The highest BCUT2D eigenvalue weighted by Gasteiger charge is 2.30. The van der Waals surface area contributed by atoms with Crippen LogP contribution < -0.4 is 0 Å². The first kappa shape index (κ1) is 6.07. The molecule has 0 saturated carbocycles. The van der Waals surface area contributed by atoms with Gasteiger partial charge in [-0.25, -0.2) is 0 Å². The largest absolute Gasteiger partial charge is 0.388 e. The molecule has 1 rings (SSSR count). The lowest BCUT2D eigenvalue weighted by molar-refractivity contribution is 0.0502. The molecule has 8 heavy (non-hydrogen) atoms. The number of hydrogen-bond donors (Lipinski definition) is 2. The van der Waals surface area contributed by atoms with Crippen LogP contribution in [-0.2, 0) is 4.74 Å². The van der Waals surface area contributed by atoms with E-state index in [-0.39, 0.29) is 12.6 Å². The second-order valence-electron chi connectivity index (χ2n) is 2.10. The van der Waals surface area contributed by atoms with Gasteiger partial charge in [0.25, 0.3) is 0 Å². The number of ether oxygens (including phenoxy) is 1. The summed E-state index contributed by atoms with van der Waals surface area (Å²) in [6, 6.07) is -0.204. The zero-order valence-electron chi connectivity index (χ0n) is 4.74. The van der Waals surface area contributed by atoms with Crippen LogP contribution in [0, 0.1) is 0 Å². The third kappa shape index (κ3) is 0.867. The molecular weight excluding hydrogens is 107 g/mol. The van der Waals surface area contributed by atoms with Gasteiger partial charge >= 0.3 is 0 Å². The summed E-state index contributed by atoms with van der Waals surface area (Å²) in [4.78, 5) is 0. The van der Waals surface area contributed by atoms with Gasteiger partial charge in [0.1, 0.15) is 20.1 Å². The van der Waals surface area contributed by atoms with Gasteiger partial charge in [0.15, 0.2) is 0 Å². The zero-order chi connectivity index (χ0) is 6.15. The van der Waals surface area contributed by atoms with Gasteiger partial charge in [0, 0.05) is 0 Å². The third-order valence-corrected chi connectivity index (χ3v) is 1.41. The molecule has 4 heteroatoms. The van der Waals surface area contributed by atoms with Crippen molar-refractivity contribution in [3.05, 3.63) is 0 Å². The first-order valence-electron chi connectivity index (χ1n) is 2.69. The summed E-state index contributed by atoms with van der Waals surface area (Å²) in [7, 11) is 1.74. The first-order chi connectivity index (χ1) is 3.72. The van der Waals surface area contributed by atoms with Crippen LogP contribution in [0.1, 0.15) is 0 Å². The van der Waals surface area contributed by atoms with Gasteiger partial charge in [-0.15, -0.1) is 0 Å². The lowest BCUT2D eigenvalue weighted by atomic mass is 9.94. The Labute approximate surface area is 48.7 Å². The molecular formula is C4H9BO3. The minimum atomic E-state index is -0.685. The predicted molar refractivity (Wildman–Crippen MR) is 30.3 cm³/mol. The molecule has 0 radical (unpaired) electrons. The molecule has 1 aliphatic rings. The molecule has 2 N–H and O–H groups in total. The van der Waals surface area contributed by atoms with Crippen LogP contribution in [0.25, 0.3) is 0 Å². The summed E-state index contributed by atoms with van der Waals surface area (Å²) in [5, 5.41) is 17.7. The van der Waals surface area contributed by atoms with Crippen molar-refractivity contribution in [2.45, 2.75) is 18.2 Å². The zero-order valence-corrected chi connectivity index (χ0v) is 4.74. The Bertz CT molecular complexity index is 77.4. The van der Waals surface area contributed by atoms with Crippen LogP contribution >= 0.6 is 0 Å². The highest BCUT2D eigenvalue weighted by molar-refractivity contribution is 6.11. The average molecular weight is 116 g/mol. The molecule has 0 aromatic rings. The standard InChI is InChI=1S/C4H9BO3/c5-4-3(7)2(6)1-8-4/h2-4,6-7H,1,5H2/t2-,3+,4+/m0/s1. The normalized spacial score (nSPS) is 47.5. The Kier molecular flexibility index (Phi) is 1.55. The van der Waals surface area contributed by atoms with Crippen molar-refractivity contribution in [1.29, 1.82) is 0 Å². The molecule has 1 fully saturated rings. The van der Waals surface area contributed by atoms with Crippen LogP contribution in [-0.4, -0.2) is 42.9 Å². The van der Waals surface area contributed by atoms with Crippen LogP contribution in [0.5, 0.6) is 0 Å². The highest BCUT2D eigenvalue weighted by atomic mass is 16.5. The summed E-state index contributed by atoms with van der Waals surface area (Å²) in [6.07, 6.45) is -1.36. The fourth-order valence-corrected chi connectivity index (χ4v) is 0.760. The summed E-state index contributed by atoms with van der Waals surface area (Å²) in [6.45, 7) is 0.266. The second kappa shape index (κ2) is 2.05. The van der Waals surface area contributed by atoms with E-state index in [1.807, 2.05) is 0 Å². The van der Waals surface area contributed by atoms with Crippen molar-refractivity contribution in [2.24, 2.45) is 0 Å². The Morgan fingerprint density at radius 1 is 1.50 bits per heavy atom. The third-order valence-electron chi connectivity index (χ3n) is 1.41. The topological polar surface area (TPSA) is 49.7 Å². The summed E-state index contributed by atoms with van der Waals surface area (Å²) in [5.41, 5.74) is 0. The van der Waals surface area contributed by atoms with E-state index in [2.05, 4.69) is 0 Å². The van der Waals surface area contributed by atoms with E-state index < -0.39 is 12.2 Å². The van der Waals surface area contributed by atoms with E-state index in [0.29, 0.717) is 0 Å². The van der Waals surface area contributed by atoms with Gasteiger partial charge in [0.05, 0.1) is 12.6 Å². The van der Waals surface area contributed by atoms with Crippen molar-refractivity contribution in [2.75, 3.05) is 6.61 Å². The molecule has 0 aliphatic carbocycles. The SMILES string of the molecule is B[C@@H]1OC[C@H](O)[C@H]1O. The maximum Gasteiger partial charge on any atom is 0.142 e. The quantitative estimate of drug-likeness (QED) is 0.350. The second-order valence-corrected chi connectivity index (χ2v) is 2.10. The predicted octanol–water partition coefficient (Wildman–Crippen LogP) is -2.30. The smallest absolute Gasteiger partial charge is 0.142 e. The fourth-order valence-electron chi connectivity index (χ4n) is 0.760. The highest BCUT2D eigenvalue weighted by Crippen LogP contribution is 2.09. The van der Waals surface area contributed by atoms with Gasteiger partial charge in [-0.2, -0.15) is 0 Å². The van der Waals surface area contributed by atoms with E-state index in [4.69, 9.17) is 14.9 Å². The summed E-state index contributed by atoms with van der Waals surface area (Å²) in [5.74, 6) is 0. The lowest BCUT2D eigenvalue weighted by Gasteiger charge is -2.07. The molecule has 0 amide bonds. The minimum absolute atomic E-state index is 0.204. The van der Waals surface area contributed by atoms with Gasteiger partial charge in [0.2, 0.25) is 0 Å². The van der Waals surface area contributed by atoms with Crippen molar-refractivity contribution in [3.63, 3.8) is 0 Å². The van der Waals surface area contributed by atoms with Gasteiger partial charge in [-0.05, 0) is 0 Å². The molecule has 3 atom stereocenters. The Hall–Kier alpha value is -0.0551. The van der Waals surface area contributed by atoms with E-state index in [0.717, 1.165) is 0 Å². The Morgan fingerprint density at radius 2 is 2.12 bits per heavy atom. The van der Waals surface area contributed by atoms with Crippen molar-refractivity contribution in [1.82, 2.24) is 0 Å². The monoisotopic (exact) mass is 116 g/mol. The number of hydrogen-bond acceptors (Lipinski definition) is 3. The minimum Gasteiger partial charge on any atom is -0.388 e. The molecule has 3 nitrogen and oxygen atoms in total. The average Bonchev–Trinajstić information content (AvgIpc) is 1.98. The number of aliphatic hydroxyl groups is 2. The molecule has 46 valence electrons. The lowest BCUT2D eigenvalue weighted by Crippen LogP contribution is -2.29. The van der Waals surface area contributed by atoms with Gasteiger partial charge < -0.3 is 14.9 Å². The van der Waals surface area contributed by atoms with Crippen LogP contribution in [0.3, 0.4) is 0 Å². The molecule has 0 bridgehead atoms. The van der Waals surface area contributed by atoms with E-state index in [1.54, 1.807) is 7.85 Å². The van der Waals surface area contributed by atoms with E-state index >= 15 is 0 Å². The van der Waals surface area contributed by atoms with Gasteiger partial charge in [-0.1, -0.05) is 0 Å². The molecule has 0 aromatic heterocycles. The maximum atomic E-state index is 8.89. The fraction of sp³-hybridized carbons (Fsp3) is 1.00. The van der Waals surface area contributed by atoms with Crippen molar-refractivity contribution < 1.29 is 14.9 Å². The molecule has 1 saturated heterocycles. The summed E-state index contributed by atoms with van der Waals surface area (Å²) >= 11 is 0. The number of aliphatic hydroxyl groups excluding tert-OH is 2. The van der Waals surface area contributed by atoms with Crippen molar-refractivity contribution in [3.8, 4) is 0 Å². The van der Waals surface area contributed by atoms with Crippen molar-refractivity contribution >= 4 is 7.85 Å². The van der Waals surface area contributed by atoms with Gasteiger partial charge in [-0.3, -0.25) is 0 Å². The molecule has 1 heterocycles. The Balaban J connectivity index is 2.44. The Morgan fingerprint density at radius 3 is 2.25 bits per heavy atom. The molecule has 0 aromatic carbocycles. The number of rotatable bonds is 0. The summed E-state index contributed by atoms with van der Waals surface area (Å²) < 4.78 is 4.88. The molecule has 0 spiro atoms. The van der Waals surface area contributed by atoms with E-state index in [1.165, 1.54) is 0 Å². The van der Waals surface area contributed by atoms with E-state index in [9.17, 15) is 0 Å². The molecule has 0 unspecified atom stereocenters.